The molecule has 1 saturated heterocycles. The normalized spacial score (nSPS) is 23.0. The number of fused-ring (bicyclic) bond motifs is 1. The number of Topliss-reactive ketones (excluding diaryl/α,β-unsaturated/α-hetero) is 1. The second-order valence-corrected chi connectivity index (χ2v) is 5.44. The first-order valence-corrected chi connectivity index (χ1v) is 6.96. The van der Waals surface area contributed by atoms with E-state index in [1.165, 1.54) is 0 Å². The summed E-state index contributed by atoms with van der Waals surface area (Å²) in [5.41, 5.74) is 2.21. The summed E-state index contributed by atoms with van der Waals surface area (Å²) in [6, 6.07) is 5.51. The van der Waals surface area contributed by atoms with Crippen LogP contribution in [0, 0.1) is 6.92 Å². The molecule has 3 nitrogen and oxygen atoms in total. The summed E-state index contributed by atoms with van der Waals surface area (Å²) in [5.74, 6) is 0.105. The Labute approximate surface area is 113 Å². The van der Waals surface area contributed by atoms with Gasteiger partial charge < -0.3 is 5.11 Å². The zero-order valence-electron chi connectivity index (χ0n) is 11.2. The molecule has 100 valence electrons. The van der Waals surface area contributed by atoms with Crippen LogP contribution in [-0.4, -0.2) is 34.9 Å². The largest absolute Gasteiger partial charge is 0.507 e. The molecular formula is C16H19NO2. The fourth-order valence-electron chi connectivity index (χ4n) is 3.30. The third-order valence-corrected chi connectivity index (χ3v) is 4.24. The highest BCUT2D eigenvalue weighted by Crippen LogP contribution is 2.32. The van der Waals surface area contributed by atoms with Gasteiger partial charge in [-0.2, -0.15) is 0 Å². The van der Waals surface area contributed by atoms with Crippen LogP contribution in [0.3, 0.4) is 0 Å². The number of carbonyl (C=O) groups excluding carboxylic acids is 1. The maximum Gasteiger partial charge on any atom is 0.194 e. The first-order chi connectivity index (χ1) is 9.18. The Morgan fingerprint density at radius 2 is 2.21 bits per heavy atom. The number of hydrogen-bond donors (Lipinski definition) is 1. The summed E-state index contributed by atoms with van der Waals surface area (Å²) < 4.78 is 0. The van der Waals surface area contributed by atoms with Crippen LogP contribution in [0.1, 0.15) is 35.2 Å². The van der Waals surface area contributed by atoms with Crippen LogP contribution in [-0.2, 0) is 0 Å². The van der Waals surface area contributed by atoms with E-state index in [0.29, 0.717) is 5.56 Å². The molecule has 0 spiro atoms. The van der Waals surface area contributed by atoms with Crippen molar-refractivity contribution in [3.05, 3.63) is 41.0 Å². The van der Waals surface area contributed by atoms with Crippen LogP contribution in [0.15, 0.2) is 29.8 Å². The molecular weight excluding hydrogens is 238 g/mol. The van der Waals surface area contributed by atoms with Gasteiger partial charge in [0, 0.05) is 18.2 Å². The molecule has 2 heterocycles. The summed E-state index contributed by atoms with van der Waals surface area (Å²) in [6.45, 7) is 4.03. The number of ketones is 1. The average molecular weight is 257 g/mol. The summed E-state index contributed by atoms with van der Waals surface area (Å²) in [5, 5.41) is 9.97. The van der Waals surface area contributed by atoms with Crippen molar-refractivity contribution in [2.45, 2.75) is 32.2 Å². The minimum atomic E-state index is 0.00667. The number of hydrogen-bond acceptors (Lipinski definition) is 3. The van der Waals surface area contributed by atoms with E-state index in [2.05, 4.69) is 11.0 Å². The van der Waals surface area contributed by atoms with Gasteiger partial charge >= 0.3 is 0 Å². The number of aromatic hydroxyl groups is 1. The molecule has 0 bridgehead atoms. The fourth-order valence-corrected chi connectivity index (χ4v) is 3.30. The van der Waals surface area contributed by atoms with Crippen molar-refractivity contribution >= 4 is 5.78 Å². The second kappa shape index (κ2) is 4.82. The Kier molecular flexibility index (Phi) is 3.15. The summed E-state index contributed by atoms with van der Waals surface area (Å²) in [7, 11) is 0. The van der Waals surface area contributed by atoms with Crippen molar-refractivity contribution in [2.24, 2.45) is 0 Å². The molecule has 1 aromatic carbocycles. The first kappa shape index (κ1) is 12.4. The minimum Gasteiger partial charge on any atom is -0.507 e. The lowest BCUT2D eigenvalue weighted by Gasteiger charge is -2.30. The smallest absolute Gasteiger partial charge is 0.194 e. The van der Waals surface area contributed by atoms with E-state index in [1.54, 1.807) is 12.1 Å². The molecule has 0 aromatic heterocycles. The van der Waals surface area contributed by atoms with E-state index in [1.807, 2.05) is 13.0 Å². The predicted molar refractivity (Wildman–Crippen MR) is 74.5 cm³/mol. The zero-order valence-corrected chi connectivity index (χ0v) is 11.2. The van der Waals surface area contributed by atoms with E-state index in [9.17, 15) is 9.90 Å². The van der Waals surface area contributed by atoms with Crippen LogP contribution in [0.25, 0.3) is 0 Å². The molecule has 2 aliphatic heterocycles. The molecule has 0 unspecified atom stereocenters. The van der Waals surface area contributed by atoms with Crippen LogP contribution in [0.2, 0.25) is 0 Å². The fraction of sp³-hybridized carbons (Fsp3) is 0.438. The summed E-state index contributed by atoms with van der Waals surface area (Å²) in [6.07, 6.45) is 5.23. The lowest BCUT2D eigenvalue weighted by atomic mass is 9.90. The number of carbonyl (C=O) groups is 1. The number of rotatable bonds is 2. The molecule has 0 radical (unpaired) electrons. The molecule has 1 atom stereocenters. The molecule has 3 rings (SSSR count). The monoisotopic (exact) mass is 257 g/mol. The third-order valence-electron chi connectivity index (χ3n) is 4.24. The Morgan fingerprint density at radius 1 is 1.37 bits per heavy atom. The molecule has 1 fully saturated rings. The van der Waals surface area contributed by atoms with Crippen molar-refractivity contribution in [3.8, 4) is 5.75 Å². The standard InChI is InChI=1S/C16H19NO2/c1-11-5-2-8-14(18)15(11)16(19)12-6-3-9-17-10-4-7-13(12)17/h2,5-6,8,13,18H,3-4,7,9-10H2,1H3/t13-/m1/s1. The van der Waals surface area contributed by atoms with Gasteiger partial charge in [-0.25, -0.2) is 0 Å². The van der Waals surface area contributed by atoms with Crippen LogP contribution < -0.4 is 0 Å². The van der Waals surface area contributed by atoms with Crippen LogP contribution in [0.5, 0.6) is 5.75 Å². The first-order valence-electron chi connectivity index (χ1n) is 6.96. The topological polar surface area (TPSA) is 40.5 Å². The predicted octanol–water partition coefficient (Wildman–Crippen LogP) is 2.68. The number of phenolic OH excluding ortho intramolecular Hbond substituents is 1. The highest BCUT2D eigenvalue weighted by molar-refractivity contribution is 6.12. The second-order valence-electron chi connectivity index (χ2n) is 5.44. The molecule has 1 N–H and O–H groups in total. The number of phenols is 1. The Morgan fingerprint density at radius 3 is 3.00 bits per heavy atom. The number of aryl methyl sites for hydroxylation is 1. The maximum atomic E-state index is 12.7. The van der Waals surface area contributed by atoms with Gasteiger partial charge in [-0.15, -0.1) is 0 Å². The lowest BCUT2D eigenvalue weighted by molar-refractivity contribution is 0.100. The van der Waals surface area contributed by atoms with Gasteiger partial charge in [0.2, 0.25) is 0 Å². The van der Waals surface area contributed by atoms with Gasteiger partial charge in [0.25, 0.3) is 0 Å². The van der Waals surface area contributed by atoms with Gasteiger partial charge in [0.1, 0.15) is 5.75 Å². The van der Waals surface area contributed by atoms with Crippen molar-refractivity contribution in [3.63, 3.8) is 0 Å². The Hall–Kier alpha value is -1.61. The molecule has 2 aliphatic rings. The lowest BCUT2D eigenvalue weighted by Crippen LogP contribution is -2.37. The number of benzene rings is 1. The van der Waals surface area contributed by atoms with Crippen LogP contribution >= 0.6 is 0 Å². The van der Waals surface area contributed by atoms with E-state index in [-0.39, 0.29) is 17.6 Å². The Balaban J connectivity index is 1.98. The van der Waals surface area contributed by atoms with Crippen LogP contribution in [0.4, 0.5) is 0 Å². The maximum absolute atomic E-state index is 12.7. The molecule has 0 aliphatic carbocycles. The van der Waals surface area contributed by atoms with Crippen molar-refractivity contribution in [1.82, 2.24) is 4.90 Å². The van der Waals surface area contributed by atoms with Gasteiger partial charge in [0.15, 0.2) is 5.78 Å². The average Bonchev–Trinajstić information content (AvgIpc) is 2.86. The summed E-state index contributed by atoms with van der Waals surface area (Å²) in [4.78, 5) is 15.1. The van der Waals surface area contributed by atoms with Gasteiger partial charge in [-0.05, 0) is 44.4 Å². The number of nitrogens with zero attached hydrogens (tertiary/aromatic N) is 1. The van der Waals surface area contributed by atoms with Gasteiger partial charge in [-0.1, -0.05) is 18.2 Å². The third kappa shape index (κ3) is 2.08. The molecule has 0 saturated carbocycles. The van der Waals surface area contributed by atoms with Crippen molar-refractivity contribution < 1.29 is 9.90 Å². The van der Waals surface area contributed by atoms with Gasteiger partial charge in [0.05, 0.1) is 5.56 Å². The van der Waals surface area contributed by atoms with E-state index in [4.69, 9.17) is 0 Å². The molecule has 0 amide bonds. The quantitative estimate of drug-likeness (QED) is 0.828. The molecule has 3 heteroatoms. The Bertz CT molecular complexity index is 527. The van der Waals surface area contributed by atoms with E-state index >= 15 is 0 Å². The highest BCUT2D eigenvalue weighted by Gasteiger charge is 2.34. The molecule has 1 aromatic rings. The SMILES string of the molecule is Cc1cccc(O)c1C(=O)C1=CCCN2CCC[C@H]12. The van der Waals surface area contributed by atoms with Crippen molar-refractivity contribution in [2.75, 3.05) is 13.1 Å². The van der Waals surface area contributed by atoms with Gasteiger partial charge in [-0.3, -0.25) is 9.69 Å². The molecule has 19 heavy (non-hydrogen) atoms. The highest BCUT2D eigenvalue weighted by atomic mass is 16.3. The summed E-state index contributed by atoms with van der Waals surface area (Å²) >= 11 is 0. The van der Waals surface area contributed by atoms with E-state index in [0.717, 1.165) is 43.5 Å². The zero-order chi connectivity index (χ0) is 13.4. The van der Waals surface area contributed by atoms with Crippen molar-refractivity contribution in [1.29, 1.82) is 0 Å². The minimum absolute atomic E-state index is 0.00667. The van der Waals surface area contributed by atoms with E-state index < -0.39 is 0 Å².